The molecule has 0 saturated heterocycles. The lowest BCUT2D eigenvalue weighted by molar-refractivity contribution is -0.139. The molecule has 0 saturated carbocycles. The summed E-state index contributed by atoms with van der Waals surface area (Å²) in [5.41, 5.74) is 0.878. The highest BCUT2D eigenvalue weighted by atomic mass is 32.2. The quantitative estimate of drug-likeness (QED) is 0.266. The molecule has 9 nitrogen and oxygen atoms in total. The van der Waals surface area contributed by atoms with Crippen molar-refractivity contribution in [3.63, 3.8) is 0 Å². The Hall–Kier alpha value is -1.92. The number of carbonyl (C=O) groups excluding carboxylic acids is 2. The highest BCUT2D eigenvalue weighted by molar-refractivity contribution is 8.01. The fraction of sp³-hybridized carbons (Fsp3) is 0.467. The van der Waals surface area contributed by atoms with Crippen molar-refractivity contribution in [2.75, 3.05) is 23.9 Å². The summed E-state index contributed by atoms with van der Waals surface area (Å²) in [5, 5.41) is 11.3. The zero-order valence-corrected chi connectivity index (χ0v) is 17.5. The average molecular weight is 430 g/mol. The van der Waals surface area contributed by atoms with Gasteiger partial charge >= 0.3 is 5.97 Å². The second kappa shape index (κ2) is 10.4. The minimum absolute atomic E-state index is 0.120. The second-order valence-corrected chi connectivity index (χ2v) is 8.15. The van der Waals surface area contributed by atoms with Gasteiger partial charge in [0.25, 0.3) is 5.56 Å². The number of hydrogen-bond acceptors (Lipinski definition) is 10. The first-order valence-corrected chi connectivity index (χ1v) is 11.0. The summed E-state index contributed by atoms with van der Waals surface area (Å²) in [5.74, 6) is -0.469. The third-order valence-electron chi connectivity index (χ3n) is 3.27. The first-order valence-electron chi connectivity index (χ1n) is 7.98. The predicted molar refractivity (Wildman–Crippen MR) is 106 cm³/mol. The maximum absolute atomic E-state index is 12.1. The Kier molecular flexibility index (Phi) is 8.25. The molecule has 2 rings (SSSR count). The molecule has 2 aromatic rings. The van der Waals surface area contributed by atoms with E-state index in [1.807, 2.05) is 6.26 Å². The largest absolute Gasteiger partial charge is 0.465 e. The molecule has 0 aromatic carbocycles. The van der Waals surface area contributed by atoms with E-state index in [4.69, 9.17) is 4.74 Å². The minimum Gasteiger partial charge on any atom is -0.465 e. The number of carbonyl (C=O) groups is 2. The first-order chi connectivity index (χ1) is 12.9. The fourth-order valence-electron chi connectivity index (χ4n) is 2.04. The summed E-state index contributed by atoms with van der Waals surface area (Å²) < 4.78 is 5.39. The molecular weight excluding hydrogens is 410 g/mol. The number of nitrogens with one attached hydrogen (secondary N) is 2. The van der Waals surface area contributed by atoms with Crippen molar-refractivity contribution in [2.24, 2.45) is 0 Å². The second-order valence-electron chi connectivity index (χ2n) is 5.15. The van der Waals surface area contributed by atoms with E-state index in [-0.39, 0.29) is 36.0 Å². The molecule has 2 N–H and O–H groups in total. The van der Waals surface area contributed by atoms with Crippen LogP contribution < -0.4 is 10.9 Å². The molecule has 0 bridgehead atoms. The van der Waals surface area contributed by atoms with Crippen molar-refractivity contribution in [3.05, 3.63) is 21.6 Å². The number of ether oxygens (including phenoxy) is 1. The van der Waals surface area contributed by atoms with Crippen LogP contribution in [0.25, 0.3) is 0 Å². The monoisotopic (exact) mass is 429 g/mol. The van der Waals surface area contributed by atoms with Crippen molar-refractivity contribution in [2.45, 2.75) is 36.2 Å². The highest BCUT2D eigenvalue weighted by Crippen LogP contribution is 2.25. The number of anilines is 1. The summed E-state index contributed by atoms with van der Waals surface area (Å²) >= 11 is 3.72. The number of aromatic amines is 1. The topological polar surface area (TPSA) is 127 Å². The lowest BCUT2D eigenvalue weighted by Crippen LogP contribution is -2.20. The molecule has 2 heterocycles. The fourth-order valence-corrected chi connectivity index (χ4v) is 4.03. The smallest absolute Gasteiger partial charge is 0.316 e. The molecule has 2 aromatic heterocycles. The van der Waals surface area contributed by atoms with Crippen LogP contribution in [0.15, 0.2) is 14.3 Å². The van der Waals surface area contributed by atoms with Gasteiger partial charge in [0.15, 0.2) is 9.50 Å². The van der Waals surface area contributed by atoms with E-state index in [1.165, 1.54) is 34.9 Å². The van der Waals surface area contributed by atoms with Gasteiger partial charge in [0.2, 0.25) is 11.0 Å². The normalized spacial score (nSPS) is 10.6. The first kappa shape index (κ1) is 21.4. The van der Waals surface area contributed by atoms with Gasteiger partial charge in [-0.05, 0) is 26.5 Å². The minimum atomic E-state index is -0.329. The van der Waals surface area contributed by atoms with E-state index < -0.39 is 0 Å². The van der Waals surface area contributed by atoms with Gasteiger partial charge in [-0.2, -0.15) is 0 Å². The molecule has 0 spiro atoms. The molecule has 0 radical (unpaired) electrons. The van der Waals surface area contributed by atoms with Crippen LogP contribution in [0.2, 0.25) is 0 Å². The van der Waals surface area contributed by atoms with Crippen molar-refractivity contribution >= 4 is 51.9 Å². The molecule has 1 amide bonds. The van der Waals surface area contributed by atoms with Gasteiger partial charge in [0.05, 0.1) is 12.4 Å². The van der Waals surface area contributed by atoms with E-state index in [0.717, 1.165) is 0 Å². The standard InChI is InChI=1S/C15H19N5O4S3/c1-4-24-11(22)7-26-15-20-19-14(27-15)17-10(21)6-5-9-8(2)16-13(25-3)18-12(9)23/h4-7H2,1-3H3,(H,16,18,23)(H,17,19,21). The maximum Gasteiger partial charge on any atom is 0.316 e. The molecule has 0 atom stereocenters. The predicted octanol–water partition coefficient (Wildman–Crippen LogP) is 1.88. The molecule has 0 aliphatic carbocycles. The van der Waals surface area contributed by atoms with Gasteiger partial charge in [0, 0.05) is 17.7 Å². The zero-order valence-electron chi connectivity index (χ0n) is 15.0. The third-order valence-corrected chi connectivity index (χ3v) is 5.79. The van der Waals surface area contributed by atoms with Crippen LogP contribution in [0, 0.1) is 6.92 Å². The Morgan fingerprint density at radius 3 is 2.78 bits per heavy atom. The SMILES string of the molecule is CCOC(=O)CSc1nnc(NC(=O)CCc2c(C)nc(SC)[nH]c2=O)s1. The Labute approximate surface area is 168 Å². The summed E-state index contributed by atoms with van der Waals surface area (Å²) in [7, 11) is 0. The van der Waals surface area contributed by atoms with Gasteiger partial charge < -0.3 is 15.0 Å². The number of nitrogens with zero attached hydrogens (tertiary/aromatic N) is 3. The molecular formula is C15H19N5O4S3. The third kappa shape index (κ3) is 6.63. The number of aryl methyl sites for hydroxylation is 1. The van der Waals surface area contributed by atoms with Crippen LogP contribution in [0.1, 0.15) is 24.6 Å². The van der Waals surface area contributed by atoms with Crippen LogP contribution in [-0.2, 0) is 20.7 Å². The Bertz CT molecular complexity index is 867. The van der Waals surface area contributed by atoms with Gasteiger partial charge in [-0.1, -0.05) is 34.9 Å². The highest BCUT2D eigenvalue weighted by Gasteiger charge is 2.13. The summed E-state index contributed by atoms with van der Waals surface area (Å²) in [6.45, 7) is 3.82. The van der Waals surface area contributed by atoms with E-state index in [2.05, 4.69) is 25.5 Å². The molecule has 0 fully saturated rings. The summed E-state index contributed by atoms with van der Waals surface area (Å²) in [4.78, 5) is 42.5. The van der Waals surface area contributed by atoms with Gasteiger partial charge in [0.1, 0.15) is 0 Å². The molecule has 0 unspecified atom stereocenters. The van der Waals surface area contributed by atoms with Gasteiger partial charge in [-0.3, -0.25) is 14.4 Å². The van der Waals surface area contributed by atoms with Crippen molar-refractivity contribution in [3.8, 4) is 0 Å². The van der Waals surface area contributed by atoms with Gasteiger partial charge in [-0.15, -0.1) is 10.2 Å². The maximum atomic E-state index is 12.1. The van der Waals surface area contributed by atoms with Crippen LogP contribution in [0.4, 0.5) is 5.13 Å². The number of aromatic nitrogens is 4. The zero-order chi connectivity index (χ0) is 19.8. The number of esters is 1. The van der Waals surface area contributed by atoms with Crippen molar-refractivity contribution < 1.29 is 14.3 Å². The summed E-state index contributed by atoms with van der Waals surface area (Å²) in [6.07, 6.45) is 2.22. The average Bonchev–Trinajstić information content (AvgIpc) is 3.06. The lowest BCUT2D eigenvalue weighted by atomic mass is 10.1. The Balaban J connectivity index is 1.86. The lowest BCUT2D eigenvalue weighted by Gasteiger charge is -2.05. The molecule has 27 heavy (non-hydrogen) atoms. The molecule has 12 heteroatoms. The number of rotatable bonds is 9. The van der Waals surface area contributed by atoms with Gasteiger partial charge in [-0.25, -0.2) is 4.98 Å². The molecule has 0 aliphatic rings. The van der Waals surface area contributed by atoms with E-state index in [9.17, 15) is 14.4 Å². The number of H-pyrrole nitrogens is 1. The molecule has 146 valence electrons. The summed E-state index contributed by atoms with van der Waals surface area (Å²) in [6, 6.07) is 0. The van der Waals surface area contributed by atoms with Crippen LogP contribution in [0.5, 0.6) is 0 Å². The number of hydrogen-bond donors (Lipinski definition) is 2. The van der Waals surface area contributed by atoms with E-state index in [1.54, 1.807) is 13.8 Å². The van der Waals surface area contributed by atoms with Crippen molar-refractivity contribution in [1.29, 1.82) is 0 Å². The Morgan fingerprint density at radius 2 is 2.11 bits per heavy atom. The van der Waals surface area contributed by atoms with Crippen LogP contribution in [0.3, 0.4) is 0 Å². The van der Waals surface area contributed by atoms with E-state index >= 15 is 0 Å². The van der Waals surface area contributed by atoms with E-state index in [0.29, 0.717) is 32.5 Å². The Morgan fingerprint density at radius 1 is 1.33 bits per heavy atom. The van der Waals surface area contributed by atoms with Crippen LogP contribution in [-0.4, -0.2) is 50.7 Å². The molecule has 0 aliphatic heterocycles. The van der Waals surface area contributed by atoms with Crippen molar-refractivity contribution in [1.82, 2.24) is 20.2 Å². The van der Waals surface area contributed by atoms with Crippen LogP contribution >= 0.6 is 34.9 Å². The number of thioether (sulfide) groups is 2. The number of amides is 1.